The molecule has 0 radical (unpaired) electrons. The molecule has 124 valence electrons. The van der Waals surface area contributed by atoms with Crippen LogP contribution in [0.1, 0.15) is 27.7 Å². The molecular formula is C14H26O7. The summed E-state index contributed by atoms with van der Waals surface area (Å²) in [6.45, 7) is 8.56. The van der Waals surface area contributed by atoms with E-state index in [0.717, 1.165) is 0 Å². The predicted octanol–water partition coefficient (Wildman–Crippen LogP) is 0.941. The molecule has 7 nitrogen and oxygen atoms in total. The van der Waals surface area contributed by atoms with Crippen LogP contribution in [0.2, 0.25) is 0 Å². The summed E-state index contributed by atoms with van der Waals surface area (Å²) in [5.74, 6) is -0.793. The van der Waals surface area contributed by atoms with E-state index in [1.807, 2.05) is 0 Å². The molecule has 0 saturated carbocycles. The molecule has 0 N–H and O–H groups in total. The van der Waals surface area contributed by atoms with Gasteiger partial charge in [0.05, 0.1) is 33.0 Å². The normalized spacial score (nSPS) is 11.2. The molecule has 0 heterocycles. The fourth-order valence-electron chi connectivity index (χ4n) is 1.22. The summed E-state index contributed by atoms with van der Waals surface area (Å²) in [5, 5.41) is 0. The quantitative estimate of drug-likeness (QED) is 0.415. The van der Waals surface area contributed by atoms with Crippen molar-refractivity contribution >= 4 is 11.9 Å². The van der Waals surface area contributed by atoms with Crippen molar-refractivity contribution in [2.45, 2.75) is 33.3 Å². The third kappa shape index (κ3) is 15.0. The first-order valence-corrected chi connectivity index (χ1v) is 6.96. The van der Waals surface area contributed by atoms with Crippen molar-refractivity contribution < 1.29 is 33.3 Å². The average molecular weight is 306 g/mol. The first-order chi connectivity index (χ1) is 9.85. The van der Waals surface area contributed by atoms with E-state index in [4.69, 9.17) is 18.9 Å². The Bertz CT molecular complexity index is 296. The number of esters is 2. The third-order valence-electron chi connectivity index (χ3n) is 1.91. The van der Waals surface area contributed by atoms with E-state index in [2.05, 4.69) is 4.74 Å². The van der Waals surface area contributed by atoms with Gasteiger partial charge in [-0.15, -0.1) is 0 Å². The lowest BCUT2D eigenvalue weighted by Gasteiger charge is -2.19. The molecule has 7 heteroatoms. The second-order valence-corrected chi connectivity index (χ2v) is 5.11. The van der Waals surface area contributed by atoms with Crippen LogP contribution in [0.3, 0.4) is 0 Å². The Morgan fingerprint density at radius 1 is 0.810 bits per heavy atom. The zero-order chi connectivity index (χ0) is 16.1. The van der Waals surface area contributed by atoms with Gasteiger partial charge in [0, 0.05) is 0 Å². The van der Waals surface area contributed by atoms with Crippen LogP contribution < -0.4 is 0 Å². The largest absolute Gasteiger partial charge is 0.464 e. The van der Waals surface area contributed by atoms with Crippen LogP contribution in [0.5, 0.6) is 0 Å². The molecule has 0 bridgehead atoms. The van der Waals surface area contributed by atoms with Crippen molar-refractivity contribution in [2.75, 3.05) is 46.2 Å². The van der Waals surface area contributed by atoms with Crippen LogP contribution in [0.15, 0.2) is 0 Å². The smallest absolute Gasteiger partial charge is 0.332 e. The fourth-order valence-corrected chi connectivity index (χ4v) is 1.22. The molecule has 0 aromatic rings. The van der Waals surface area contributed by atoms with Crippen LogP contribution in [0.25, 0.3) is 0 Å². The van der Waals surface area contributed by atoms with Gasteiger partial charge in [0.1, 0.15) is 18.8 Å². The summed E-state index contributed by atoms with van der Waals surface area (Å²) in [7, 11) is 0. The van der Waals surface area contributed by atoms with E-state index in [1.54, 1.807) is 27.7 Å². The monoisotopic (exact) mass is 306 g/mol. The van der Waals surface area contributed by atoms with Crippen LogP contribution in [0, 0.1) is 0 Å². The van der Waals surface area contributed by atoms with Gasteiger partial charge in [-0.1, -0.05) is 0 Å². The molecule has 0 unspecified atom stereocenters. The van der Waals surface area contributed by atoms with E-state index in [0.29, 0.717) is 26.4 Å². The van der Waals surface area contributed by atoms with Gasteiger partial charge in [-0.25, -0.2) is 9.59 Å². The Hall–Kier alpha value is -1.18. The summed E-state index contributed by atoms with van der Waals surface area (Å²) >= 11 is 0. The molecule has 0 spiro atoms. The molecule has 0 aliphatic rings. The highest BCUT2D eigenvalue weighted by molar-refractivity contribution is 5.71. The first kappa shape index (κ1) is 19.8. The van der Waals surface area contributed by atoms with Crippen molar-refractivity contribution in [3.05, 3.63) is 0 Å². The second kappa shape index (κ2) is 11.5. The van der Waals surface area contributed by atoms with E-state index in [-0.39, 0.29) is 19.8 Å². The van der Waals surface area contributed by atoms with Gasteiger partial charge in [-0.05, 0) is 27.7 Å². The maximum absolute atomic E-state index is 11.3. The van der Waals surface area contributed by atoms with Gasteiger partial charge in [0.25, 0.3) is 0 Å². The van der Waals surface area contributed by atoms with Gasteiger partial charge in [-0.3, -0.25) is 0 Å². The lowest BCUT2D eigenvalue weighted by Crippen LogP contribution is -2.27. The van der Waals surface area contributed by atoms with Crippen molar-refractivity contribution in [3.63, 3.8) is 0 Å². The minimum atomic E-state index is -0.507. The third-order valence-corrected chi connectivity index (χ3v) is 1.91. The zero-order valence-corrected chi connectivity index (χ0v) is 13.3. The molecule has 0 aliphatic carbocycles. The molecule has 0 saturated heterocycles. The number of hydrogen-bond donors (Lipinski definition) is 0. The first-order valence-electron chi connectivity index (χ1n) is 6.96. The topological polar surface area (TPSA) is 80.3 Å². The number of ether oxygens (including phenoxy) is 5. The maximum atomic E-state index is 11.3. The van der Waals surface area contributed by atoms with Gasteiger partial charge in [-0.2, -0.15) is 0 Å². The Morgan fingerprint density at radius 2 is 1.29 bits per heavy atom. The lowest BCUT2D eigenvalue weighted by atomic mass is 10.2. The minimum absolute atomic E-state index is 0.0770. The average Bonchev–Trinajstić information content (AvgIpc) is 2.35. The molecule has 0 aromatic heterocycles. The van der Waals surface area contributed by atoms with Crippen LogP contribution in [0.4, 0.5) is 0 Å². The lowest BCUT2D eigenvalue weighted by molar-refractivity contribution is -0.160. The Kier molecular flexibility index (Phi) is 10.8. The van der Waals surface area contributed by atoms with Crippen LogP contribution in [-0.2, 0) is 33.3 Å². The minimum Gasteiger partial charge on any atom is -0.464 e. The van der Waals surface area contributed by atoms with Crippen LogP contribution >= 0.6 is 0 Å². The number of carbonyl (C=O) groups excluding carboxylic acids is 2. The number of rotatable bonds is 11. The summed E-state index contributed by atoms with van der Waals surface area (Å²) in [6, 6.07) is 0. The summed E-state index contributed by atoms with van der Waals surface area (Å²) in [6.07, 6.45) is 0. The Labute approximate surface area is 125 Å². The Morgan fingerprint density at radius 3 is 1.76 bits per heavy atom. The van der Waals surface area contributed by atoms with Gasteiger partial charge < -0.3 is 23.7 Å². The van der Waals surface area contributed by atoms with Gasteiger partial charge in [0.2, 0.25) is 0 Å². The fraction of sp³-hybridized carbons (Fsp3) is 0.857. The summed E-state index contributed by atoms with van der Waals surface area (Å²) < 4.78 is 25.1. The molecule has 0 fully saturated rings. The molecule has 0 amide bonds. The highest BCUT2D eigenvalue weighted by Gasteiger charge is 2.15. The van der Waals surface area contributed by atoms with E-state index >= 15 is 0 Å². The maximum Gasteiger partial charge on any atom is 0.332 e. The van der Waals surface area contributed by atoms with Gasteiger partial charge in [0.15, 0.2) is 0 Å². The second-order valence-electron chi connectivity index (χ2n) is 5.11. The summed E-state index contributed by atoms with van der Waals surface area (Å²) in [4.78, 5) is 22.2. The van der Waals surface area contributed by atoms with E-state index < -0.39 is 17.5 Å². The molecular weight excluding hydrogens is 280 g/mol. The van der Waals surface area contributed by atoms with Crippen molar-refractivity contribution in [1.82, 2.24) is 0 Å². The molecule has 0 rings (SSSR count). The highest BCUT2D eigenvalue weighted by Crippen LogP contribution is 2.06. The molecule has 0 aliphatic heterocycles. The number of hydrogen-bond acceptors (Lipinski definition) is 7. The SMILES string of the molecule is CCOC(=O)COCCOCCOCC(=O)OC(C)(C)C. The standard InChI is InChI=1S/C14H26O7/c1-5-20-12(15)10-18-8-6-17-7-9-19-11-13(16)21-14(2,3)4/h5-11H2,1-4H3. The van der Waals surface area contributed by atoms with E-state index in [1.165, 1.54) is 0 Å². The Balaban J connectivity index is 3.30. The van der Waals surface area contributed by atoms with Crippen molar-refractivity contribution in [1.29, 1.82) is 0 Å². The predicted molar refractivity (Wildman–Crippen MR) is 74.9 cm³/mol. The van der Waals surface area contributed by atoms with Crippen molar-refractivity contribution in [2.24, 2.45) is 0 Å². The molecule has 0 atom stereocenters. The zero-order valence-electron chi connectivity index (χ0n) is 13.3. The van der Waals surface area contributed by atoms with E-state index in [9.17, 15) is 9.59 Å². The number of carbonyl (C=O) groups is 2. The van der Waals surface area contributed by atoms with Gasteiger partial charge >= 0.3 is 11.9 Å². The summed E-state index contributed by atoms with van der Waals surface area (Å²) in [5.41, 5.74) is -0.507. The van der Waals surface area contributed by atoms with Crippen LogP contribution in [-0.4, -0.2) is 63.8 Å². The van der Waals surface area contributed by atoms with Crippen molar-refractivity contribution in [3.8, 4) is 0 Å². The molecule has 21 heavy (non-hydrogen) atoms. The molecule has 0 aromatic carbocycles. The highest BCUT2D eigenvalue weighted by atomic mass is 16.6.